The second-order valence-corrected chi connectivity index (χ2v) is 4.94. The Morgan fingerprint density at radius 1 is 1.61 bits per heavy atom. The lowest BCUT2D eigenvalue weighted by atomic mass is 10.3. The number of thiophene rings is 1. The number of anilines is 1. The number of carbonyl (C=O) groups excluding carboxylic acids is 1. The molecule has 0 aliphatic rings. The molecule has 0 saturated heterocycles. The molecule has 0 fully saturated rings. The third-order valence-corrected chi connectivity index (χ3v) is 3.33. The molecule has 1 aromatic heterocycles. The van der Waals surface area contributed by atoms with E-state index < -0.39 is 0 Å². The summed E-state index contributed by atoms with van der Waals surface area (Å²) in [5.41, 5.74) is 5.94. The lowest BCUT2D eigenvalue weighted by molar-refractivity contribution is -0.116. The fourth-order valence-corrected chi connectivity index (χ4v) is 2.20. The average molecular weight is 266 g/mol. The molecule has 0 radical (unpaired) electrons. The van der Waals surface area contributed by atoms with Crippen LogP contribution >= 0.6 is 11.3 Å². The molecular weight excluding hydrogens is 248 g/mol. The first-order valence-electron chi connectivity index (χ1n) is 5.83. The monoisotopic (exact) mass is 266 g/mol. The minimum Gasteiger partial charge on any atom is -0.330 e. The van der Waals surface area contributed by atoms with Crippen molar-refractivity contribution in [2.45, 2.75) is 12.8 Å². The summed E-state index contributed by atoms with van der Waals surface area (Å²) >= 11 is 1.37. The first-order valence-corrected chi connectivity index (χ1v) is 6.71. The van der Waals surface area contributed by atoms with Gasteiger partial charge < -0.3 is 16.0 Å². The van der Waals surface area contributed by atoms with E-state index in [4.69, 9.17) is 11.0 Å². The Kier molecular flexibility index (Phi) is 6.36. The van der Waals surface area contributed by atoms with Crippen LogP contribution in [0.1, 0.15) is 18.4 Å². The number of hydrogen-bond acceptors (Lipinski definition) is 5. The molecule has 0 bridgehead atoms. The largest absolute Gasteiger partial charge is 0.330 e. The highest BCUT2D eigenvalue weighted by atomic mass is 32.1. The molecule has 0 aliphatic carbocycles. The fourth-order valence-electron chi connectivity index (χ4n) is 1.45. The molecule has 98 valence electrons. The summed E-state index contributed by atoms with van der Waals surface area (Å²) < 4.78 is 0. The maximum atomic E-state index is 11.7. The van der Waals surface area contributed by atoms with E-state index >= 15 is 0 Å². The van der Waals surface area contributed by atoms with Gasteiger partial charge in [0.2, 0.25) is 5.91 Å². The van der Waals surface area contributed by atoms with Crippen molar-refractivity contribution in [1.82, 2.24) is 4.90 Å². The second-order valence-electron chi connectivity index (χ2n) is 4.02. The first-order chi connectivity index (χ1) is 8.67. The van der Waals surface area contributed by atoms with Gasteiger partial charge in [0.05, 0.1) is 5.56 Å². The van der Waals surface area contributed by atoms with Crippen molar-refractivity contribution in [3.63, 3.8) is 0 Å². The second kappa shape index (κ2) is 7.82. The van der Waals surface area contributed by atoms with E-state index in [1.807, 2.05) is 13.1 Å². The predicted octanol–water partition coefficient (Wildman–Crippen LogP) is 1.23. The van der Waals surface area contributed by atoms with Crippen LogP contribution in [0.25, 0.3) is 0 Å². The standard InChI is InChI=1S/C12H18N4OS/c1-16(6-2-5-13)7-3-11(17)15-12-10(9-14)4-8-18-12/h4,8H,2-3,5-7,13H2,1H3,(H,15,17). The normalized spacial score (nSPS) is 10.3. The molecule has 0 spiro atoms. The van der Waals surface area contributed by atoms with Crippen LogP contribution in [-0.4, -0.2) is 37.5 Å². The summed E-state index contributed by atoms with van der Waals surface area (Å²) in [6, 6.07) is 3.75. The van der Waals surface area contributed by atoms with E-state index in [-0.39, 0.29) is 5.91 Å². The SMILES string of the molecule is CN(CCCN)CCC(=O)Nc1sccc1C#N. The number of nitrogens with zero attached hydrogens (tertiary/aromatic N) is 2. The van der Waals surface area contributed by atoms with Gasteiger partial charge >= 0.3 is 0 Å². The summed E-state index contributed by atoms with van der Waals surface area (Å²) in [6.45, 7) is 2.25. The van der Waals surface area contributed by atoms with Crippen LogP contribution in [0.4, 0.5) is 5.00 Å². The zero-order valence-corrected chi connectivity index (χ0v) is 11.3. The average Bonchev–Trinajstić information content (AvgIpc) is 2.81. The van der Waals surface area contributed by atoms with Crippen molar-refractivity contribution >= 4 is 22.2 Å². The van der Waals surface area contributed by atoms with Gasteiger partial charge in [-0.3, -0.25) is 4.79 Å². The maximum Gasteiger partial charge on any atom is 0.226 e. The van der Waals surface area contributed by atoms with Gasteiger partial charge in [0, 0.05) is 13.0 Å². The van der Waals surface area contributed by atoms with Gasteiger partial charge in [0.1, 0.15) is 11.1 Å². The minimum atomic E-state index is -0.0615. The number of nitrogens with two attached hydrogens (primary N) is 1. The molecule has 0 unspecified atom stereocenters. The molecule has 1 amide bonds. The molecule has 0 atom stereocenters. The summed E-state index contributed by atoms with van der Waals surface area (Å²) in [6.07, 6.45) is 1.35. The molecule has 0 saturated carbocycles. The van der Waals surface area contributed by atoms with Crippen molar-refractivity contribution in [3.8, 4) is 6.07 Å². The number of nitriles is 1. The molecule has 1 aromatic rings. The quantitative estimate of drug-likeness (QED) is 0.777. The number of hydrogen-bond donors (Lipinski definition) is 2. The molecule has 3 N–H and O–H groups in total. The number of rotatable bonds is 7. The van der Waals surface area contributed by atoms with E-state index in [1.165, 1.54) is 11.3 Å². The van der Waals surface area contributed by atoms with Gasteiger partial charge in [-0.2, -0.15) is 5.26 Å². The van der Waals surface area contributed by atoms with Crippen LogP contribution in [0.2, 0.25) is 0 Å². The molecule has 1 rings (SSSR count). The van der Waals surface area contributed by atoms with E-state index in [0.29, 0.717) is 30.1 Å². The van der Waals surface area contributed by atoms with E-state index in [0.717, 1.165) is 13.0 Å². The molecule has 18 heavy (non-hydrogen) atoms. The highest BCUT2D eigenvalue weighted by Crippen LogP contribution is 2.22. The van der Waals surface area contributed by atoms with Gasteiger partial charge in [0.15, 0.2) is 0 Å². The van der Waals surface area contributed by atoms with E-state index in [1.54, 1.807) is 11.4 Å². The van der Waals surface area contributed by atoms with Gasteiger partial charge in [-0.05, 0) is 38.0 Å². The highest BCUT2D eigenvalue weighted by Gasteiger charge is 2.08. The Balaban J connectivity index is 2.32. The Hall–Kier alpha value is -1.42. The lowest BCUT2D eigenvalue weighted by Gasteiger charge is -2.15. The van der Waals surface area contributed by atoms with Crippen LogP contribution in [-0.2, 0) is 4.79 Å². The molecule has 0 aliphatic heterocycles. The smallest absolute Gasteiger partial charge is 0.226 e. The Bertz CT molecular complexity index is 424. The minimum absolute atomic E-state index is 0.0615. The van der Waals surface area contributed by atoms with Gasteiger partial charge in [-0.25, -0.2) is 0 Å². The third-order valence-electron chi connectivity index (χ3n) is 2.50. The molecule has 5 nitrogen and oxygen atoms in total. The van der Waals surface area contributed by atoms with Crippen LogP contribution in [0.5, 0.6) is 0 Å². The predicted molar refractivity (Wildman–Crippen MR) is 73.4 cm³/mol. The topological polar surface area (TPSA) is 82.2 Å². The van der Waals surface area contributed by atoms with Gasteiger partial charge in [0.25, 0.3) is 0 Å². The number of amides is 1. The molecule has 1 heterocycles. The molecular formula is C12H18N4OS. The number of carbonyl (C=O) groups is 1. The van der Waals surface area contributed by atoms with Crippen LogP contribution < -0.4 is 11.1 Å². The Morgan fingerprint density at radius 2 is 2.39 bits per heavy atom. The van der Waals surface area contributed by atoms with Crippen molar-refractivity contribution in [1.29, 1.82) is 5.26 Å². The first kappa shape index (κ1) is 14.6. The Labute approximate surface area is 111 Å². The van der Waals surface area contributed by atoms with Gasteiger partial charge in [-0.15, -0.1) is 11.3 Å². The van der Waals surface area contributed by atoms with E-state index in [9.17, 15) is 4.79 Å². The maximum absolute atomic E-state index is 11.7. The van der Waals surface area contributed by atoms with Gasteiger partial charge in [-0.1, -0.05) is 0 Å². The highest BCUT2D eigenvalue weighted by molar-refractivity contribution is 7.14. The van der Waals surface area contributed by atoms with Crippen LogP contribution in [0.3, 0.4) is 0 Å². The van der Waals surface area contributed by atoms with E-state index in [2.05, 4.69) is 10.2 Å². The summed E-state index contributed by atoms with van der Waals surface area (Å²) in [5.74, 6) is -0.0615. The summed E-state index contributed by atoms with van der Waals surface area (Å²) in [4.78, 5) is 13.8. The van der Waals surface area contributed by atoms with Crippen molar-refractivity contribution in [2.24, 2.45) is 5.73 Å². The summed E-state index contributed by atoms with van der Waals surface area (Å²) in [5, 5.41) is 14.0. The molecule has 0 aromatic carbocycles. The van der Waals surface area contributed by atoms with Crippen molar-refractivity contribution in [3.05, 3.63) is 17.0 Å². The van der Waals surface area contributed by atoms with Crippen LogP contribution in [0, 0.1) is 11.3 Å². The third kappa shape index (κ3) is 4.84. The van der Waals surface area contributed by atoms with Crippen molar-refractivity contribution < 1.29 is 4.79 Å². The zero-order chi connectivity index (χ0) is 13.4. The van der Waals surface area contributed by atoms with Crippen molar-refractivity contribution in [2.75, 3.05) is 32.0 Å². The lowest BCUT2D eigenvalue weighted by Crippen LogP contribution is -2.26. The van der Waals surface area contributed by atoms with Crippen LogP contribution in [0.15, 0.2) is 11.4 Å². The number of nitrogens with one attached hydrogen (secondary N) is 1. The zero-order valence-electron chi connectivity index (χ0n) is 10.5. The Morgan fingerprint density at radius 3 is 3.06 bits per heavy atom. The molecule has 6 heteroatoms. The fraction of sp³-hybridized carbons (Fsp3) is 0.500. The summed E-state index contributed by atoms with van der Waals surface area (Å²) in [7, 11) is 1.97.